The zero-order chi connectivity index (χ0) is 18.8. The van der Waals surface area contributed by atoms with E-state index < -0.39 is 0 Å². The Labute approximate surface area is 158 Å². The van der Waals surface area contributed by atoms with E-state index >= 15 is 0 Å². The molecule has 1 atom stereocenters. The number of para-hydroxylation sites is 1. The molecule has 0 spiro atoms. The first-order valence-electron chi connectivity index (χ1n) is 9.41. The number of likely N-dealkylation sites (tertiary alicyclic amines) is 1. The van der Waals surface area contributed by atoms with Crippen molar-refractivity contribution in [2.75, 3.05) is 18.4 Å². The quantitative estimate of drug-likeness (QED) is 0.732. The summed E-state index contributed by atoms with van der Waals surface area (Å²) < 4.78 is 1.71. The molecule has 140 valence electrons. The number of aliphatic hydroxyl groups is 1. The van der Waals surface area contributed by atoms with E-state index in [4.69, 9.17) is 0 Å². The Morgan fingerprint density at radius 3 is 2.81 bits per heavy atom. The molecule has 0 saturated carbocycles. The van der Waals surface area contributed by atoms with Crippen LogP contribution in [0.1, 0.15) is 17.5 Å². The fourth-order valence-corrected chi connectivity index (χ4v) is 3.81. The van der Waals surface area contributed by atoms with Gasteiger partial charge in [-0.05, 0) is 41.6 Å². The van der Waals surface area contributed by atoms with E-state index in [2.05, 4.69) is 22.3 Å². The fourth-order valence-electron chi connectivity index (χ4n) is 3.81. The Hall–Kier alpha value is -2.63. The first-order valence-corrected chi connectivity index (χ1v) is 9.41. The van der Waals surface area contributed by atoms with Crippen molar-refractivity contribution in [2.45, 2.75) is 25.6 Å². The van der Waals surface area contributed by atoms with Gasteiger partial charge in [0.15, 0.2) is 0 Å². The van der Waals surface area contributed by atoms with Crippen LogP contribution in [0.5, 0.6) is 0 Å². The SMILES string of the molecule is Cn1c(=O)c(CNc2cccc(CN3CCC(O)C3)c2)cc2ccccc21. The van der Waals surface area contributed by atoms with Gasteiger partial charge in [0, 0.05) is 44.5 Å². The minimum Gasteiger partial charge on any atom is -0.392 e. The Balaban J connectivity index is 1.49. The Bertz CT molecular complexity index is 1010. The third-order valence-corrected chi connectivity index (χ3v) is 5.27. The molecule has 1 aromatic heterocycles. The number of aliphatic hydroxyl groups excluding tert-OH is 1. The third-order valence-electron chi connectivity index (χ3n) is 5.27. The predicted octanol–water partition coefficient (Wildman–Crippen LogP) is 2.72. The molecule has 27 heavy (non-hydrogen) atoms. The van der Waals surface area contributed by atoms with Crippen LogP contribution in [-0.2, 0) is 20.1 Å². The predicted molar refractivity (Wildman–Crippen MR) is 109 cm³/mol. The van der Waals surface area contributed by atoms with Gasteiger partial charge in [-0.1, -0.05) is 30.3 Å². The number of hydrogen-bond acceptors (Lipinski definition) is 4. The molecule has 4 rings (SSSR count). The number of aryl methyl sites for hydroxylation is 1. The van der Waals surface area contributed by atoms with Crippen LogP contribution >= 0.6 is 0 Å². The molecule has 1 aliphatic heterocycles. The molecule has 0 aliphatic carbocycles. The van der Waals surface area contributed by atoms with Crippen LogP contribution in [0.15, 0.2) is 59.4 Å². The van der Waals surface area contributed by atoms with E-state index in [0.717, 1.165) is 48.2 Å². The van der Waals surface area contributed by atoms with E-state index in [0.29, 0.717) is 6.54 Å². The van der Waals surface area contributed by atoms with Gasteiger partial charge in [-0.15, -0.1) is 0 Å². The summed E-state index contributed by atoms with van der Waals surface area (Å²) in [6, 6.07) is 18.2. The summed E-state index contributed by atoms with van der Waals surface area (Å²) in [6.07, 6.45) is 0.652. The summed E-state index contributed by atoms with van der Waals surface area (Å²) in [4.78, 5) is 14.9. The van der Waals surface area contributed by atoms with Gasteiger partial charge in [-0.2, -0.15) is 0 Å². The zero-order valence-electron chi connectivity index (χ0n) is 15.6. The van der Waals surface area contributed by atoms with Gasteiger partial charge in [0.05, 0.1) is 11.6 Å². The minimum atomic E-state index is -0.199. The lowest BCUT2D eigenvalue weighted by molar-refractivity contribution is 0.175. The Morgan fingerprint density at radius 1 is 1.15 bits per heavy atom. The number of benzene rings is 2. The van der Waals surface area contributed by atoms with Gasteiger partial charge in [0.1, 0.15) is 0 Å². The second-order valence-electron chi connectivity index (χ2n) is 7.32. The van der Waals surface area contributed by atoms with Gasteiger partial charge in [-0.3, -0.25) is 9.69 Å². The summed E-state index contributed by atoms with van der Waals surface area (Å²) in [7, 11) is 1.82. The summed E-state index contributed by atoms with van der Waals surface area (Å²) >= 11 is 0. The van der Waals surface area contributed by atoms with Crippen LogP contribution < -0.4 is 10.9 Å². The standard InChI is InChI=1S/C22H25N3O2/c1-24-21-8-3-2-6-17(21)12-18(22(24)27)13-23-19-7-4-5-16(11-19)14-25-10-9-20(26)15-25/h2-8,11-12,20,23,26H,9-10,13-15H2,1H3. The number of fused-ring (bicyclic) bond motifs is 1. The maximum absolute atomic E-state index is 12.6. The van der Waals surface area contributed by atoms with Crippen LogP contribution in [0.4, 0.5) is 5.69 Å². The van der Waals surface area contributed by atoms with E-state index in [9.17, 15) is 9.90 Å². The first kappa shape index (κ1) is 17.8. The van der Waals surface area contributed by atoms with Gasteiger partial charge < -0.3 is 15.0 Å². The lowest BCUT2D eigenvalue weighted by Crippen LogP contribution is -2.23. The average Bonchev–Trinajstić information content (AvgIpc) is 3.08. The van der Waals surface area contributed by atoms with Crippen LogP contribution in [0.3, 0.4) is 0 Å². The van der Waals surface area contributed by atoms with Crippen LogP contribution in [-0.4, -0.2) is 33.8 Å². The van der Waals surface area contributed by atoms with Crippen molar-refractivity contribution < 1.29 is 5.11 Å². The highest BCUT2D eigenvalue weighted by molar-refractivity contribution is 5.79. The molecule has 1 aliphatic rings. The first-order chi connectivity index (χ1) is 13.1. The Morgan fingerprint density at radius 2 is 2.00 bits per heavy atom. The molecule has 5 nitrogen and oxygen atoms in total. The molecule has 5 heteroatoms. The minimum absolute atomic E-state index is 0.0309. The molecule has 2 N–H and O–H groups in total. The molecule has 0 amide bonds. The van der Waals surface area contributed by atoms with Crippen molar-refractivity contribution in [3.8, 4) is 0 Å². The summed E-state index contributed by atoms with van der Waals surface area (Å²) in [5, 5.41) is 14.1. The Kier molecular flexibility index (Phi) is 4.97. The van der Waals surface area contributed by atoms with Crippen molar-refractivity contribution in [1.29, 1.82) is 0 Å². The molecule has 1 unspecified atom stereocenters. The molecular weight excluding hydrogens is 338 g/mol. The van der Waals surface area contributed by atoms with Gasteiger partial charge in [0.2, 0.25) is 0 Å². The third kappa shape index (κ3) is 3.89. The van der Waals surface area contributed by atoms with E-state index in [1.54, 1.807) is 4.57 Å². The number of nitrogens with one attached hydrogen (secondary N) is 1. The number of aromatic nitrogens is 1. The lowest BCUT2D eigenvalue weighted by Gasteiger charge is -2.16. The number of anilines is 1. The highest BCUT2D eigenvalue weighted by Gasteiger charge is 2.19. The zero-order valence-corrected chi connectivity index (χ0v) is 15.6. The maximum Gasteiger partial charge on any atom is 0.255 e. The van der Waals surface area contributed by atoms with E-state index in [1.807, 2.05) is 49.5 Å². The summed E-state index contributed by atoms with van der Waals surface area (Å²) in [5.41, 5.74) is 3.94. The molecule has 2 aromatic carbocycles. The molecule has 0 radical (unpaired) electrons. The van der Waals surface area contributed by atoms with Gasteiger partial charge in [0.25, 0.3) is 5.56 Å². The number of nitrogens with zero attached hydrogens (tertiary/aromatic N) is 2. The van der Waals surface area contributed by atoms with Crippen molar-refractivity contribution in [2.24, 2.45) is 7.05 Å². The smallest absolute Gasteiger partial charge is 0.255 e. The second-order valence-corrected chi connectivity index (χ2v) is 7.32. The van der Waals surface area contributed by atoms with Gasteiger partial charge >= 0.3 is 0 Å². The molecule has 3 aromatic rings. The normalized spacial score (nSPS) is 17.5. The highest BCUT2D eigenvalue weighted by atomic mass is 16.3. The summed E-state index contributed by atoms with van der Waals surface area (Å²) in [6.45, 7) is 3.00. The van der Waals surface area contributed by atoms with Crippen LogP contribution in [0.25, 0.3) is 10.9 Å². The van der Waals surface area contributed by atoms with Crippen molar-refractivity contribution in [1.82, 2.24) is 9.47 Å². The largest absolute Gasteiger partial charge is 0.392 e. The number of rotatable bonds is 5. The summed E-state index contributed by atoms with van der Waals surface area (Å²) in [5.74, 6) is 0. The molecule has 2 heterocycles. The molecule has 1 fully saturated rings. The van der Waals surface area contributed by atoms with E-state index in [-0.39, 0.29) is 11.7 Å². The monoisotopic (exact) mass is 363 g/mol. The number of pyridine rings is 1. The molecular formula is C22H25N3O2. The second kappa shape index (κ2) is 7.55. The van der Waals surface area contributed by atoms with Crippen LogP contribution in [0, 0.1) is 0 Å². The fraction of sp³-hybridized carbons (Fsp3) is 0.318. The van der Waals surface area contributed by atoms with Crippen molar-refractivity contribution in [3.05, 3.63) is 76.1 Å². The molecule has 0 bridgehead atoms. The number of hydrogen-bond donors (Lipinski definition) is 2. The van der Waals surface area contributed by atoms with Crippen LogP contribution in [0.2, 0.25) is 0 Å². The van der Waals surface area contributed by atoms with Gasteiger partial charge in [-0.25, -0.2) is 0 Å². The van der Waals surface area contributed by atoms with Crippen molar-refractivity contribution in [3.63, 3.8) is 0 Å². The van der Waals surface area contributed by atoms with E-state index in [1.165, 1.54) is 5.56 Å². The molecule has 1 saturated heterocycles. The maximum atomic E-state index is 12.6. The number of β-amino-alcohol motifs (C(OH)–C–C–N with tert-alkyl or cyclic N) is 1. The topological polar surface area (TPSA) is 57.5 Å². The lowest BCUT2D eigenvalue weighted by atomic mass is 10.1. The van der Waals surface area contributed by atoms with Crippen molar-refractivity contribution >= 4 is 16.6 Å². The average molecular weight is 363 g/mol. The highest BCUT2D eigenvalue weighted by Crippen LogP contribution is 2.18.